The third kappa shape index (κ3) is 5.75. The summed E-state index contributed by atoms with van der Waals surface area (Å²) in [5, 5.41) is 0. The van der Waals surface area contributed by atoms with E-state index in [-0.39, 0.29) is 10.8 Å². The largest absolute Gasteiger partial charge is 0.494 e. The van der Waals surface area contributed by atoms with Crippen LogP contribution in [0.4, 0.5) is 0 Å². The van der Waals surface area contributed by atoms with Crippen molar-refractivity contribution < 1.29 is 17.9 Å². The van der Waals surface area contributed by atoms with Gasteiger partial charge in [0.2, 0.25) is 5.91 Å². The van der Waals surface area contributed by atoms with E-state index in [9.17, 15) is 13.2 Å². The Kier molecular flexibility index (Phi) is 6.68. The van der Waals surface area contributed by atoms with Crippen LogP contribution in [0.1, 0.15) is 26.7 Å². The maximum absolute atomic E-state index is 11.8. The van der Waals surface area contributed by atoms with Gasteiger partial charge in [0.1, 0.15) is 5.75 Å². The SMILES string of the molecule is CCN(CC)C(=O)CCCOc1ccc(S(C)(=O)=O)cc1. The number of ether oxygens (including phenoxy) is 1. The minimum absolute atomic E-state index is 0.135. The van der Waals surface area contributed by atoms with Crippen molar-refractivity contribution in [3.05, 3.63) is 24.3 Å². The summed E-state index contributed by atoms with van der Waals surface area (Å²) in [6.07, 6.45) is 2.27. The highest BCUT2D eigenvalue weighted by Crippen LogP contribution is 2.16. The fourth-order valence-corrected chi connectivity index (χ4v) is 2.56. The molecule has 1 amide bonds. The summed E-state index contributed by atoms with van der Waals surface area (Å²) < 4.78 is 28.1. The Hall–Kier alpha value is -1.56. The van der Waals surface area contributed by atoms with Crippen molar-refractivity contribution in [2.45, 2.75) is 31.6 Å². The fourth-order valence-electron chi connectivity index (χ4n) is 1.93. The van der Waals surface area contributed by atoms with Crippen LogP contribution in [0, 0.1) is 0 Å². The van der Waals surface area contributed by atoms with E-state index in [2.05, 4.69) is 0 Å². The van der Waals surface area contributed by atoms with Gasteiger partial charge < -0.3 is 9.64 Å². The van der Waals surface area contributed by atoms with Gasteiger partial charge in [0.25, 0.3) is 0 Å². The average Bonchev–Trinajstić information content (AvgIpc) is 2.44. The minimum atomic E-state index is -3.18. The second kappa shape index (κ2) is 8.02. The van der Waals surface area contributed by atoms with Gasteiger partial charge in [0.05, 0.1) is 11.5 Å². The molecule has 0 aliphatic rings. The first kappa shape index (κ1) is 17.5. The molecule has 0 saturated heterocycles. The first-order valence-electron chi connectivity index (χ1n) is 7.09. The van der Waals surface area contributed by atoms with Crippen molar-refractivity contribution in [2.24, 2.45) is 0 Å². The Labute approximate surface area is 126 Å². The van der Waals surface area contributed by atoms with Crippen LogP contribution in [0.3, 0.4) is 0 Å². The van der Waals surface area contributed by atoms with Crippen molar-refractivity contribution in [2.75, 3.05) is 26.0 Å². The van der Waals surface area contributed by atoms with Crippen molar-refractivity contribution >= 4 is 15.7 Å². The monoisotopic (exact) mass is 313 g/mol. The number of carbonyl (C=O) groups is 1. The van der Waals surface area contributed by atoms with Gasteiger partial charge in [-0.25, -0.2) is 8.42 Å². The van der Waals surface area contributed by atoms with Gasteiger partial charge in [-0.2, -0.15) is 0 Å². The Morgan fingerprint density at radius 2 is 1.71 bits per heavy atom. The van der Waals surface area contributed by atoms with E-state index in [1.54, 1.807) is 17.0 Å². The molecular weight excluding hydrogens is 290 g/mol. The van der Waals surface area contributed by atoms with Crippen LogP contribution in [-0.4, -0.2) is 45.2 Å². The molecular formula is C15H23NO4S. The molecule has 6 heteroatoms. The summed E-state index contributed by atoms with van der Waals surface area (Å²) in [6, 6.07) is 6.29. The number of rotatable bonds is 8. The zero-order valence-corrected chi connectivity index (χ0v) is 13.6. The lowest BCUT2D eigenvalue weighted by Gasteiger charge is -2.18. The maximum Gasteiger partial charge on any atom is 0.222 e. The van der Waals surface area contributed by atoms with E-state index in [0.29, 0.717) is 25.2 Å². The number of carbonyl (C=O) groups excluding carboxylic acids is 1. The molecule has 118 valence electrons. The normalized spacial score (nSPS) is 11.2. The molecule has 21 heavy (non-hydrogen) atoms. The van der Waals surface area contributed by atoms with E-state index in [1.807, 2.05) is 13.8 Å². The van der Waals surface area contributed by atoms with Crippen LogP contribution in [-0.2, 0) is 14.6 Å². The van der Waals surface area contributed by atoms with E-state index in [4.69, 9.17) is 4.74 Å². The van der Waals surface area contributed by atoms with Crippen LogP contribution >= 0.6 is 0 Å². The summed E-state index contributed by atoms with van der Waals surface area (Å²) in [5.41, 5.74) is 0. The molecule has 0 bridgehead atoms. The van der Waals surface area contributed by atoms with Gasteiger partial charge in [-0.1, -0.05) is 0 Å². The molecule has 0 N–H and O–H groups in total. The molecule has 0 heterocycles. The standard InChI is InChI=1S/C15H23NO4S/c1-4-16(5-2)15(17)7-6-12-20-13-8-10-14(11-9-13)21(3,18)19/h8-11H,4-7,12H2,1-3H3. The second-order valence-electron chi connectivity index (χ2n) is 4.76. The summed E-state index contributed by atoms with van der Waals surface area (Å²) >= 11 is 0. The molecule has 0 radical (unpaired) electrons. The molecule has 0 spiro atoms. The molecule has 0 unspecified atom stereocenters. The zero-order chi connectivity index (χ0) is 15.9. The quantitative estimate of drug-likeness (QED) is 0.690. The molecule has 0 aromatic heterocycles. The van der Waals surface area contributed by atoms with Crippen molar-refractivity contribution in [3.8, 4) is 5.75 Å². The zero-order valence-electron chi connectivity index (χ0n) is 12.8. The predicted molar refractivity (Wildman–Crippen MR) is 82.2 cm³/mol. The number of sulfone groups is 1. The van der Waals surface area contributed by atoms with Crippen LogP contribution in [0.5, 0.6) is 5.75 Å². The van der Waals surface area contributed by atoms with Gasteiger partial charge in [-0.05, 0) is 44.5 Å². The van der Waals surface area contributed by atoms with Crippen molar-refractivity contribution in [3.63, 3.8) is 0 Å². The van der Waals surface area contributed by atoms with Crippen LogP contribution in [0.15, 0.2) is 29.2 Å². The van der Waals surface area contributed by atoms with Gasteiger partial charge in [0.15, 0.2) is 9.84 Å². The summed E-state index contributed by atoms with van der Waals surface area (Å²) in [5.74, 6) is 0.744. The van der Waals surface area contributed by atoms with E-state index >= 15 is 0 Å². The van der Waals surface area contributed by atoms with Crippen molar-refractivity contribution in [1.29, 1.82) is 0 Å². The highest BCUT2D eigenvalue weighted by Gasteiger charge is 2.09. The number of hydrogen-bond donors (Lipinski definition) is 0. The Balaban J connectivity index is 2.38. The first-order valence-corrected chi connectivity index (χ1v) is 8.98. The molecule has 0 atom stereocenters. The Morgan fingerprint density at radius 3 is 2.19 bits per heavy atom. The molecule has 1 aromatic carbocycles. The van der Waals surface area contributed by atoms with Gasteiger partial charge in [-0.3, -0.25) is 4.79 Å². The molecule has 1 aromatic rings. The van der Waals surface area contributed by atoms with E-state index < -0.39 is 9.84 Å². The highest BCUT2D eigenvalue weighted by atomic mass is 32.2. The topological polar surface area (TPSA) is 63.7 Å². The average molecular weight is 313 g/mol. The molecule has 0 aliphatic carbocycles. The van der Waals surface area contributed by atoms with Crippen LogP contribution < -0.4 is 4.74 Å². The summed E-state index contributed by atoms with van der Waals surface area (Å²) in [6.45, 7) is 5.81. The van der Waals surface area contributed by atoms with E-state index in [1.165, 1.54) is 18.4 Å². The van der Waals surface area contributed by atoms with Gasteiger partial charge >= 0.3 is 0 Å². The van der Waals surface area contributed by atoms with Gasteiger partial charge in [0, 0.05) is 25.8 Å². The number of benzene rings is 1. The second-order valence-corrected chi connectivity index (χ2v) is 6.78. The number of hydrogen-bond acceptors (Lipinski definition) is 4. The highest BCUT2D eigenvalue weighted by molar-refractivity contribution is 7.90. The number of nitrogens with zero attached hydrogens (tertiary/aromatic N) is 1. The summed E-state index contributed by atoms with van der Waals surface area (Å²) in [4.78, 5) is 13.8. The van der Waals surface area contributed by atoms with Crippen molar-refractivity contribution in [1.82, 2.24) is 4.90 Å². The third-order valence-electron chi connectivity index (χ3n) is 3.17. The van der Waals surface area contributed by atoms with Crippen LogP contribution in [0.25, 0.3) is 0 Å². The lowest BCUT2D eigenvalue weighted by Crippen LogP contribution is -2.30. The molecule has 1 rings (SSSR count). The lowest BCUT2D eigenvalue weighted by atomic mass is 10.3. The molecule has 0 aliphatic heterocycles. The smallest absolute Gasteiger partial charge is 0.222 e. The molecule has 0 fully saturated rings. The van der Waals surface area contributed by atoms with Gasteiger partial charge in [-0.15, -0.1) is 0 Å². The summed E-state index contributed by atoms with van der Waals surface area (Å²) in [7, 11) is -3.18. The molecule has 0 saturated carbocycles. The molecule has 5 nitrogen and oxygen atoms in total. The first-order chi connectivity index (χ1) is 9.88. The van der Waals surface area contributed by atoms with Crippen LogP contribution in [0.2, 0.25) is 0 Å². The third-order valence-corrected chi connectivity index (χ3v) is 4.30. The fraction of sp³-hybridized carbons (Fsp3) is 0.533. The Morgan fingerprint density at radius 1 is 1.14 bits per heavy atom. The lowest BCUT2D eigenvalue weighted by molar-refractivity contribution is -0.131. The predicted octanol–water partition coefficient (Wildman–Crippen LogP) is 2.12. The van der Waals surface area contributed by atoms with E-state index in [0.717, 1.165) is 13.1 Å². The Bertz CT molecular complexity index is 548. The maximum atomic E-state index is 11.8. The minimum Gasteiger partial charge on any atom is -0.494 e. The number of amides is 1.